The van der Waals surface area contributed by atoms with E-state index in [-0.39, 0.29) is 6.04 Å². The van der Waals surface area contributed by atoms with E-state index in [4.69, 9.17) is 5.73 Å². The van der Waals surface area contributed by atoms with Crippen LogP contribution < -0.4 is 5.73 Å². The second-order valence-electron chi connectivity index (χ2n) is 4.40. The Morgan fingerprint density at radius 3 is 2.61 bits per heavy atom. The van der Waals surface area contributed by atoms with Gasteiger partial charge in [-0.25, -0.2) is 0 Å². The molecule has 96 valence electrons. The molecule has 4 heteroatoms. The predicted octanol–water partition coefficient (Wildman–Crippen LogP) is 2.10. The average Bonchev–Trinajstić information content (AvgIpc) is 2.83. The summed E-state index contributed by atoms with van der Waals surface area (Å²) in [6.45, 7) is 5.06. The number of nitrogens with two attached hydrogens (primary N) is 1. The van der Waals surface area contributed by atoms with E-state index < -0.39 is 0 Å². The number of nitrogens with zero attached hydrogens (tertiary/aromatic N) is 3. The maximum atomic E-state index is 6.29. The molecule has 2 heterocycles. The van der Waals surface area contributed by atoms with Gasteiger partial charge >= 0.3 is 0 Å². The fourth-order valence-electron chi connectivity index (χ4n) is 2.09. The Kier molecular flexibility index (Phi) is 4.10. The minimum Gasteiger partial charge on any atom is -0.322 e. The van der Waals surface area contributed by atoms with Gasteiger partial charge in [0.25, 0.3) is 0 Å². The van der Waals surface area contributed by atoms with Crippen LogP contribution in [0.3, 0.4) is 0 Å². The highest BCUT2D eigenvalue weighted by molar-refractivity contribution is 5.19. The van der Waals surface area contributed by atoms with Crippen LogP contribution in [0.25, 0.3) is 0 Å². The molecule has 0 saturated carbocycles. The fraction of sp³-hybridized carbons (Fsp3) is 0.429. The Hall–Kier alpha value is -1.68. The van der Waals surface area contributed by atoms with Crippen LogP contribution in [-0.4, -0.2) is 14.8 Å². The van der Waals surface area contributed by atoms with Crippen LogP contribution in [0.4, 0.5) is 0 Å². The standard InChI is InChI=1S/C14H20N4/c1-3-12-10-14(18(4-2)17-12)13(15)9-11-5-7-16-8-6-11/h5-8,10,13H,3-4,9,15H2,1-2H3. The first-order valence-electron chi connectivity index (χ1n) is 6.45. The van der Waals surface area contributed by atoms with Gasteiger partial charge in [-0.3, -0.25) is 9.67 Å². The summed E-state index contributed by atoms with van der Waals surface area (Å²) in [7, 11) is 0. The zero-order valence-corrected chi connectivity index (χ0v) is 11.0. The number of pyridine rings is 1. The first-order chi connectivity index (χ1) is 8.74. The summed E-state index contributed by atoms with van der Waals surface area (Å²) in [5, 5.41) is 4.53. The first-order valence-corrected chi connectivity index (χ1v) is 6.45. The Balaban J connectivity index is 2.17. The average molecular weight is 244 g/mol. The Labute approximate surface area is 108 Å². The molecule has 2 aromatic heterocycles. The van der Waals surface area contributed by atoms with Gasteiger partial charge in [-0.1, -0.05) is 6.92 Å². The molecular formula is C14H20N4. The van der Waals surface area contributed by atoms with Crippen molar-refractivity contribution in [2.75, 3.05) is 0 Å². The normalized spacial score (nSPS) is 12.6. The maximum absolute atomic E-state index is 6.29. The van der Waals surface area contributed by atoms with Crippen molar-refractivity contribution in [3.8, 4) is 0 Å². The van der Waals surface area contributed by atoms with E-state index in [1.165, 1.54) is 5.56 Å². The molecule has 0 amide bonds. The van der Waals surface area contributed by atoms with Crippen LogP contribution in [-0.2, 0) is 19.4 Å². The minimum absolute atomic E-state index is 0.0138. The molecule has 2 N–H and O–H groups in total. The molecule has 0 bridgehead atoms. The zero-order chi connectivity index (χ0) is 13.0. The molecule has 0 spiro atoms. The molecule has 2 rings (SSSR count). The monoisotopic (exact) mass is 244 g/mol. The van der Waals surface area contributed by atoms with Crippen molar-refractivity contribution in [2.24, 2.45) is 5.73 Å². The smallest absolute Gasteiger partial charge is 0.0625 e. The Morgan fingerprint density at radius 1 is 1.28 bits per heavy atom. The lowest BCUT2D eigenvalue weighted by molar-refractivity contribution is 0.565. The summed E-state index contributed by atoms with van der Waals surface area (Å²) in [5.41, 5.74) is 9.72. The van der Waals surface area contributed by atoms with E-state index in [2.05, 4.69) is 30.0 Å². The van der Waals surface area contributed by atoms with Crippen molar-refractivity contribution in [3.63, 3.8) is 0 Å². The summed E-state index contributed by atoms with van der Waals surface area (Å²) in [6, 6.07) is 6.12. The number of rotatable bonds is 5. The van der Waals surface area contributed by atoms with E-state index in [0.717, 1.165) is 30.8 Å². The van der Waals surface area contributed by atoms with Gasteiger partial charge in [-0.05, 0) is 43.5 Å². The molecule has 0 fully saturated rings. The third-order valence-corrected chi connectivity index (χ3v) is 3.11. The molecule has 0 aliphatic heterocycles. The second kappa shape index (κ2) is 5.78. The van der Waals surface area contributed by atoms with Gasteiger partial charge in [-0.15, -0.1) is 0 Å². The van der Waals surface area contributed by atoms with Crippen LogP contribution in [0, 0.1) is 0 Å². The number of hydrogen-bond donors (Lipinski definition) is 1. The van der Waals surface area contributed by atoms with Crippen molar-refractivity contribution >= 4 is 0 Å². The fourth-order valence-corrected chi connectivity index (χ4v) is 2.09. The Bertz CT molecular complexity index is 490. The summed E-state index contributed by atoms with van der Waals surface area (Å²) in [5.74, 6) is 0. The largest absolute Gasteiger partial charge is 0.322 e. The lowest BCUT2D eigenvalue weighted by atomic mass is 10.0. The van der Waals surface area contributed by atoms with Crippen molar-refractivity contribution < 1.29 is 0 Å². The van der Waals surface area contributed by atoms with E-state index in [1.54, 1.807) is 12.4 Å². The lowest BCUT2D eigenvalue weighted by Gasteiger charge is -2.13. The van der Waals surface area contributed by atoms with Crippen LogP contribution in [0.2, 0.25) is 0 Å². The SMILES string of the molecule is CCc1cc(C(N)Cc2ccncc2)n(CC)n1. The van der Waals surface area contributed by atoms with Gasteiger partial charge in [-0.2, -0.15) is 5.10 Å². The molecule has 0 saturated heterocycles. The Morgan fingerprint density at radius 2 is 2.00 bits per heavy atom. The molecule has 4 nitrogen and oxygen atoms in total. The quantitative estimate of drug-likeness (QED) is 0.876. The lowest BCUT2D eigenvalue weighted by Crippen LogP contribution is -2.18. The van der Waals surface area contributed by atoms with Gasteiger partial charge < -0.3 is 5.73 Å². The van der Waals surface area contributed by atoms with Gasteiger partial charge in [0.1, 0.15) is 0 Å². The van der Waals surface area contributed by atoms with E-state index in [0.29, 0.717) is 0 Å². The highest BCUT2D eigenvalue weighted by Gasteiger charge is 2.14. The minimum atomic E-state index is -0.0138. The number of aryl methyl sites for hydroxylation is 2. The van der Waals surface area contributed by atoms with E-state index in [9.17, 15) is 0 Å². The summed E-state index contributed by atoms with van der Waals surface area (Å²) >= 11 is 0. The third kappa shape index (κ3) is 2.76. The highest BCUT2D eigenvalue weighted by Crippen LogP contribution is 2.17. The topological polar surface area (TPSA) is 56.7 Å². The number of hydrogen-bond acceptors (Lipinski definition) is 3. The van der Waals surface area contributed by atoms with E-state index in [1.807, 2.05) is 16.8 Å². The molecular weight excluding hydrogens is 224 g/mol. The van der Waals surface area contributed by atoms with Crippen LogP contribution in [0.15, 0.2) is 30.6 Å². The van der Waals surface area contributed by atoms with Crippen LogP contribution in [0.1, 0.15) is 36.8 Å². The van der Waals surface area contributed by atoms with Crippen molar-refractivity contribution in [1.29, 1.82) is 0 Å². The maximum Gasteiger partial charge on any atom is 0.0625 e. The number of aromatic nitrogens is 3. The molecule has 0 aromatic carbocycles. The molecule has 2 aromatic rings. The van der Waals surface area contributed by atoms with Crippen LogP contribution in [0.5, 0.6) is 0 Å². The van der Waals surface area contributed by atoms with Gasteiger partial charge in [0.05, 0.1) is 17.4 Å². The van der Waals surface area contributed by atoms with Gasteiger partial charge in [0, 0.05) is 18.9 Å². The predicted molar refractivity (Wildman–Crippen MR) is 72.1 cm³/mol. The summed E-state index contributed by atoms with van der Waals surface area (Å²) in [6.07, 6.45) is 5.37. The summed E-state index contributed by atoms with van der Waals surface area (Å²) in [4.78, 5) is 4.02. The third-order valence-electron chi connectivity index (χ3n) is 3.11. The molecule has 0 aliphatic rings. The summed E-state index contributed by atoms with van der Waals surface area (Å²) < 4.78 is 2.00. The van der Waals surface area contributed by atoms with Crippen molar-refractivity contribution in [1.82, 2.24) is 14.8 Å². The van der Waals surface area contributed by atoms with E-state index >= 15 is 0 Å². The van der Waals surface area contributed by atoms with Crippen molar-refractivity contribution in [3.05, 3.63) is 47.5 Å². The molecule has 1 unspecified atom stereocenters. The molecule has 1 atom stereocenters. The van der Waals surface area contributed by atoms with Gasteiger partial charge in [0.15, 0.2) is 0 Å². The molecule has 0 aliphatic carbocycles. The molecule has 0 radical (unpaired) electrons. The van der Waals surface area contributed by atoms with Crippen LogP contribution >= 0.6 is 0 Å². The zero-order valence-electron chi connectivity index (χ0n) is 11.0. The highest BCUT2D eigenvalue weighted by atomic mass is 15.3. The van der Waals surface area contributed by atoms with Gasteiger partial charge in [0.2, 0.25) is 0 Å². The molecule has 18 heavy (non-hydrogen) atoms. The first kappa shape index (κ1) is 12.8. The van der Waals surface area contributed by atoms with Crippen molar-refractivity contribution in [2.45, 2.75) is 39.3 Å². The second-order valence-corrected chi connectivity index (χ2v) is 4.40.